The Labute approximate surface area is 225 Å². The molecule has 1 heterocycles. The van der Waals surface area contributed by atoms with Crippen molar-refractivity contribution in [2.75, 3.05) is 30.3 Å². The van der Waals surface area contributed by atoms with Crippen molar-refractivity contribution in [3.8, 4) is 5.88 Å². The number of carbonyl (C=O) groups excluding carboxylic acids is 2. The molecule has 4 N–H and O–H groups in total. The number of ether oxygens (including phenoxy) is 2. The summed E-state index contributed by atoms with van der Waals surface area (Å²) in [5.41, 5.74) is -1.18. The molecule has 0 saturated heterocycles. The predicted octanol–water partition coefficient (Wildman–Crippen LogP) is 4.27. The molecular weight excluding hydrogens is 517 g/mol. The van der Waals surface area contributed by atoms with Gasteiger partial charge in [-0.25, -0.2) is 14.8 Å². The van der Waals surface area contributed by atoms with Gasteiger partial charge in [0.15, 0.2) is 0 Å². The highest BCUT2D eigenvalue weighted by atomic mass is 19.4. The van der Waals surface area contributed by atoms with Crippen LogP contribution in [0.2, 0.25) is 0 Å². The number of nitrogens with zero attached hydrogens (tertiary/aromatic N) is 2. The van der Waals surface area contributed by atoms with Crippen LogP contribution in [-0.2, 0) is 15.7 Å². The topological polar surface area (TPSA) is 126 Å². The Morgan fingerprint density at radius 1 is 1.10 bits per heavy atom. The summed E-state index contributed by atoms with van der Waals surface area (Å²) in [7, 11) is 0. The van der Waals surface area contributed by atoms with E-state index >= 15 is 0 Å². The largest absolute Gasteiger partial charge is 0.474 e. The average molecular weight is 553 g/mol. The van der Waals surface area contributed by atoms with Crippen molar-refractivity contribution in [3.05, 3.63) is 41.7 Å². The molecular formula is C26H35F3N6O4. The van der Waals surface area contributed by atoms with Crippen LogP contribution in [0.1, 0.15) is 50.7 Å². The highest BCUT2D eigenvalue weighted by Crippen LogP contribution is 2.33. The van der Waals surface area contributed by atoms with Gasteiger partial charge in [0.1, 0.15) is 23.9 Å². The second-order valence-corrected chi connectivity index (χ2v) is 10.0. The van der Waals surface area contributed by atoms with Crippen LogP contribution < -0.4 is 26.0 Å². The molecule has 2 aromatic rings. The Balaban J connectivity index is 1.39. The molecule has 0 bridgehead atoms. The Hall–Kier alpha value is -3.61. The maximum absolute atomic E-state index is 13.1. The van der Waals surface area contributed by atoms with Gasteiger partial charge in [-0.3, -0.25) is 4.79 Å². The number of aromatic nitrogens is 2. The number of anilines is 2. The molecule has 10 nitrogen and oxygen atoms in total. The highest BCUT2D eigenvalue weighted by Gasteiger charge is 2.32. The highest BCUT2D eigenvalue weighted by molar-refractivity contribution is 5.89. The number of benzene rings is 1. The zero-order chi connectivity index (χ0) is 28.5. The van der Waals surface area contributed by atoms with E-state index in [0.717, 1.165) is 6.07 Å². The van der Waals surface area contributed by atoms with Crippen molar-refractivity contribution < 1.29 is 32.2 Å². The van der Waals surface area contributed by atoms with Crippen LogP contribution in [0.15, 0.2) is 30.6 Å². The molecule has 1 aliphatic carbocycles. The number of rotatable bonds is 12. The maximum Gasteiger partial charge on any atom is 0.416 e. The third-order valence-electron chi connectivity index (χ3n) is 6.27. The first-order valence-electron chi connectivity index (χ1n) is 12.8. The molecule has 1 fully saturated rings. The molecule has 3 rings (SSSR count). The molecule has 39 heavy (non-hydrogen) atoms. The summed E-state index contributed by atoms with van der Waals surface area (Å²) in [6, 6.07) is 4.77. The molecule has 0 aliphatic heterocycles. The van der Waals surface area contributed by atoms with Crippen molar-refractivity contribution in [3.63, 3.8) is 0 Å². The Bertz CT molecular complexity index is 1110. The van der Waals surface area contributed by atoms with E-state index < -0.39 is 23.4 Å². The predicted molar refractivity (Wildman–Crippen MR) is 140 cm³/mol. The van der Waals surface area contributed by atoms with Gasteiger partial charge in [0, 0.05) is 37.4 Å². The second-order valence-electron chi connectivity index (χ2n) is 10.0. The van der Waals surface area contributed by atoms with E-state index in [1.165, 1.54) is 25.4 Å². The minimum atomic E-state index is -4.49. The molecule has 0 unspecified atom stereocenters. The minimum Gasteiger partial charge on any atom is -0.474 e. The number of urea groups is 1. The number of alkyl halides is 3. The number of aryl methyl sites for hydroxylation is 1. The van der Waals surface area contributed by atoms with Gasteiger partial charge < -0.3 is 30.7 Å². The maximum atomic E-state index is 13.1. The minimum absolute atomic E-state index is 0.0815. The first-order chi connectivity index (χ1) is 18.4. The number of carbonyl (C=O) groups is 2. The standard InChI is InChI=1S/C26H35F3N6O4/c1-17-4-5-19(12-21(17)26(27,28)29)35-24(37)34-18-6-8-20(9-7-18)39-23-13-22(32-15-33-23)31-11-10-30-14-25(2,3)38-16-36/h4-5,12-13,15-16,18,20,30H,6-11,14H2,1-3H3,(H,31,32,33)(H2,34,35,37). The van der Waals surface area contributed by atoms with E-state index in [0.29, 0.717) is 63.5 Å². The van der Waals surface area contributed by atoms with Gasteiger partial charge in [0.25, 0.3) is 6.47 Å². The number of hydrogen-bond donors (Lipinski definition) is 4. The first-order valence-corrected chi connectivity index (χ1v) is 12.8. The second kappa shape index (κ2) is 13.5. The van der Waals surface area contributed by atoms with Crippen LogP contribution in [0.4, 0.5) is 29.5 Å². The van der Waals surface area contributed by atoms with E-state index in [9.17, 15) is 22.8 Å². The third kappa shape index (κ3) is 9.89. The zero-order valence-electron chi connectivity index (χ0n) is 22.2. The number of nitrogens with one attached hydrogen (secondary N) is 4. The summed E-state index contributed by atoms with van der Waals surface area (Å²) in [5, 5.41) is 11.7. The molecule has 0 atom stereocenters. The van der Waals surface area contributed by atoms with E-state index in [1.807, 2.05) is 13.8 Å². The van der Waals surface area contributed by atoms with E-state index in [2.05, 4.69) is 31.2 Å². The first kappa shape index (κ1) is 29.9. The Morgan fingerprint density at radius 3 is 2.54 bits per heavy atom. The van der Waals surface area contributed by atoms with E-state index in [4.69, 9.17) is 9.47 Å². The number of amides is 2. The van der Waals surface area contributed by atoms with Crippen LogP contribution >= 0.6 is 0 Å². The molecule has 214 valence electrons. The van der Waals surface area contributed by atoms with Crippen molar-refractivity contribution in [2.45, 2.75) is 70.4 Å². The summed E-state index contributed by atoms with van der Waals surface area (Å²) >= 11 is 0. The van der Waals surface area contributed by atoms with Crippen molar-refractivity contribution in [1.82, 2.24) is 20.6 Å². The summed E-state index contributed by atoms with van der Waals surface area (Å²) in [4.78, 5) is 31.2. The number of halogens is 3. The SMILES string of the molecule is Cc1ccc(NC(=O)NC2CCC(Oc3cc(NCCNCC(C)(C)OC=O)ncn3)CC2)cc1C(F)(F)F. The average Bonchev–Trinajstić information content (AvgIpc) is 2.86. The molecule has 0 spiro atoms. The summed E-state index contributed by atoms with van der Waals surface area (Å²) in [5.74, 6) is 1.05. The fourth-order valence-electron chi connectivity index (χ4n) is 4.19. The summed E-state index contributed by atoms with van der Waals surface area (Å²) in [6.07, 6.45) is -0.468. The van der Waals surface area contributed by atoms with Crippen molar-refractivity contribution >= 4 is 24.0 Å². The van der Waals surface area contributed by atoms with Crippen LogP contribution in [0.3, 0.4) is 0 Å². The third-order valence-corrected chi connectivity index (χ3v) is 6.27. The summed E-state index contributed by atoms with van der Waals surface area (Å²) in [6.45, 7) is 7.17. The van der Waals surface area contributed by atoms with Gasteiger partial charge in [0.2, 0.25) is 5.88 Å². The van der Waals surface area contributed by atoms with Gasteiger partial charge in [-0.05, 0) is 64.2 Å². The van der Waals surface area contributed by atoms with Crippen LogP contribution in [-0.4, -0.2) is 59.9 Å². The molecule has 1 aromatic heterocycles. The van der Waals surface area contributed by atoms with Crippen molar-refractivity contribution in [2.24, 2.45) is 0 Å². The van der Waals surface area contributed by atoms with E-state index in [1.54, 1.807) is 6.07 Å². The van der Waals surface area contributed by atoms with Gasteiger partial charge in [-0.2, -0.15) is 13.2 Å². The van der Waals surface area contributed by atoms with Crippen LogP contribution in [0.5, 0.6) is 5.88 Å². The molecule has 1 aromatic carbocycles. The lowest BCUT2D eigenvalue weighted by atomic mass is 9.93. The van der Waals surface area contributed by atoms with Crippen LogP contribution in [0.25, 0.3) is 0 Å². The number of hydrogen-bond acceptors (Lipinski definition) is 8. The van der Waals surface area contributed by atoms with E-state index in [-0.39, 0.29) is 23.4 Å². The molecule has 0 radical (unpaired) electrons. The normalized spacial score (nSPS) is 17.7. The molecule has 1 saturated carbocycles. The fourth-order valence-corrected chi connectivity index (χ4v) is 4.19. The van der Waals surface area contributed by atoms with Gasteiger partial charge >= 0.3 is 12.2 Å². The smallest absolute Gasteiger partial charge is 0.416 e. The molecule has 2 amide bonds. The van der Waals surface area contributed by atoms with Gasteiger partial charge in [-0.15, -0.1) is 0 Å². The van der Waals surface area contributed by atoms with Crippen molar-refractivity contribution in [1.29, 1.82) is 0 Å². The zero-order valence-corrected chi connectivity index (χ0v) is 22.2. The lowest BCUT2D eigenvalue weighted by Gasteiger charge is -2.29. The molecule has 13 heteroatoms. The lowest BCUT2D eigenvalue weighted by Crippen LogP contribution is -2.41. The Kier molecular flexibility index (Phi) is 10.3. The lowest BCUT2D eigenvalue weighted by molar-refractivity contribution is -0.140. The summed E-state index contributed by atoms with van der Waals surface area (Å²) < 4.78 is 50.4. The van der Waals surface area contributed by atoms with Gasteiger partial charge in [0.05, 0.1) is 5.56 Å². The Morgan fingerprint density at radius 2 is 1.85 bits per heavy atom. The fraction of sp³-hybridized carbons (Fsp3) is 0.538. The van der Waals surface area contributed by atoms with Crippen LogP contribution in [0, 0.1) is 6.92 Å². The quantitative estimate of drug-likeness (QED) is 0.227. The monoisotopic (exact) mass is 552 g/mol. The molecule has 1 aliphatic rings. The van der Waals surface area contributed by atoms with Gasteiger partial charge in [-0.1, -0.05) is 6.07 Å².